The molecule has 0 aliphatic carbocycles. The Labute approximate surface area is 203 Å². The molecule has 0 aliphatic heterocycles. The van der Waals surface area contributed by atoms with Crippen molar-refractivity contribution >= 4 is 11.5 Å². The number of carbonyl (C=O) groups is 1. The lowest BCUT2D eigenvalue weighted by molar-refractivity contribution is 0.103. The fourth-order valence-corrected chi connectivity index (χ4v) is 3.85. The number of anilines is 1. The number of hydrogen-bond acceptors (Lipinski definition) is 5. The standard InChI is InChI=1S/C29H35NO4/c1-6-34-24-14-15-26(25(19-24)29(31)23-12-10-22(11-13-23)20(2)3)30-17-7-8-21-9-16-27(32-4)28(18-21)33-5/h9-16,18-20,30H,6-8,17H2,1-5H3. The van der Waals surface area contributed by atoms with Crippen molar-refractivity contribution in [3.8, 4) is 17.2 Å². The van der Waals surface area contributed by atoms with Gasteiger partial charge in [-0.15, -0.1) is 0 Å². The number of nitrogens with one attached hydrogen (secondary N) is 1. The third-order valence-corrected chi connectivity index (χ3v) is 5.79. The van der Waals surface area contributed by atoms with Crippen molar-refractivity contribution in [2.24, 2.45) is 0 Å². The van der Waals surface area contributed by atoms with E-state index in [0.29, 0.717) is 29.4 Å². The highest BCUT2D eigenvalue weighted by atomic mass is 16.5. The van der Waals surface area contributed by atoms with E-state index in [1.165, 1.54) is 11.1 Å². The second-order valence-electron chi connectivity index (χ2n) is 8.47. The van der Waals surface area contributed by atoms with E-state index in [2.05, 4.69) is 19.2 Å². The van der Waals surface area contributed by atoms with Crippen molar-refractivity contribution in [1.82, 2.24) is 0 Å². The number of carbonyl (C=O) groups excluding carboxylic acids is 1. The van der Waals surface area contributed by atoms with Gasteiger partial charge in [0.2, 0.25) is 0 Å². The van der Waals surface area contributed by atoms with Crippen molar-refractivity contribution in [2.75, 3.05) is 32.7 Å². The molecule has 0 radical (unpaired) electrons. The maximum atomic E-state index is 13.4. The van der Waals surface area contributed by atoms with E-state index in [4.69, 9.17) is 14.2 Å². The van der Waals surface area contributed by atoms with E-state index < -0.39 is 0 Å². The molecular formula is C29H35NO4. The van der Waals surface area contributed by atoms with Crippen LogP contribution in [-0.4, -0.2) is 33.2 Å². The van der Waals surface area contributed by atoms with E-state index in [1.807, 2.05) is 67.6 Å². The molecule has 0 aromatic heterocycles. The molecule has 3 rings (SSSR count). The number of benzene rings is 3. The first-order valence-corrected chi connectivity index (χ1v) is 11.8. The fourth-order valence-electron chi connectivity index (χ4n) is 3.85. The SMILES string of the molecule is CCOc1ccc(NCCCc2ccc(OC)c(OC)c2)c(C(=O)c2ccc(C(C)C)cc2)c1. The van der Waals surface area contributed by atoms with Crippen LogP contribution < -0.4 is 19.5 Å². The van der Waals surface area contributed by atoms with Crippen LogP contribution in [0, 0.1) is 0 Å². The average molecular weight is 462 g/mol. The summed E-state index contributed by atoms with van der Waals surface area (Å²) in [6.07, 6.45) is 1.78. The van der Waals surface area contributed by atoms with Gasteiger partial charge in [0, 0.05) is 23.4 Å². The van der Waals surface area contributed by atoms with Crippen LogP contribution in [0.4, 0.5) is 5.69 Å². The molecule has 34 heavy (non-hydrogen) atoms. The number of methoxy groups -OCH3 is 2. The van der Waals surface area contributed by atoms with E-state index in [1.54, 1.807) is 14.2 Å². The Bertz CT molecular complexity index is 1090. The second kappa shape index (κ2) is 12.1. The Kier molecular flexibility index (Phi) is 8.97. The average Bonchev–Trinajstić information content (AvgIpc) is 2.86. The summed E-state index contributed by atoms with van der Waals surface area (Å²) in [6, 6.07) is 19.5. The molecule has 0 atom stereocenters. The van der Waals surface area contributed by atoms with Crippen molar-refractivity contribution in [3.05, 3.63) is 82.9 Å². The summed E-state index contributed by atoms with van der Waals surface area (Å²) in [5.41, 5.74) is 4.50. The zero-order chi connectivity index (χ0) is 24.5. The highest BCUT2D eigenvalue weighted by Crippen LogP contribution is 2.29. The normalized spacial score (nSPS) is 10.8. The Hall–Kier alpha value is -3.47. The van der Waals surface area contributed by atoms with Crippen LogP contribution in [0.5, 0.6) is 17.2 Å². The van der Waals surface area contributed by atoms with Crippen LogP contribution in [-0.2, 0) is 6.42 Å². The smallest absolute Gasteiger partial charge is 0.195 e. The molecule has 0 fully saturated rings. The highest BCUT2D eigenvalue weighted by molar-refractivity contribution is 6.12. The Morgan fingerprint density at radius 1 is 0.912 bits per heavy atom. The Balaban J connectivity index is 1.72. The van der Waals surface area contributed by atoms with Gasteiger partial charge in [-0.25, -0.2) is 0 Å². The quantitative estimate of drug-likeness (QED) is 0.246. The van der Waals surface area contributed by atoms with Gasteiger partial charge in [0.15, 0.2) is 17.3 Å². The third kappa shape index (κ3) is 6.31. The van der Waals surface area contributed by atoms with Gasteiger partial charge >= 0.3 is 0 Å². The van der Waals surface area contributed by atoms with E-state index in [9.17, 15) is 4.79 Å². The summed E-state index contributed by atoms with van der Waals surface area (Å²) in [4.78, 5) is 13.4. The van der Waals surface area contributed by atoms with Crippen molar-refractivity contribution < 1.29 is 19.0 Å². The summed E-state index contributed by atoms with van der Waals surface area (Å²) in [5.74, 6) is 2.56. The molecule has 3 aromatic rings. The van der Waals surface area contributed by atoms with Gasteiger partial charge in [0.25, 0.3) is 0 Å². The Morgan fingerprint density at radius 3 is 2.29 bits per heavy atom. The molecular weight excluding hydrogens is 426 g/mol. The lowest BCUT2D eigenvalue weighted by atomic mass is 9.97. The second-order valence-corrected chi connectivity index (χ2v) is 8.47. The molecule has 1 N–H and O–H groups in total. The van der Waals surface area contributed by atoms with Gasteiger partial charge in [-0.1, -0.05) is 44.2 Å². The van der Waals surface area contributed by atoms with Gasteiger partial charge in [0.05, 0.1) is 20.8 Å². The van der Waals surface area contributed by atoms with Crippen LogP contribution in [0.25, 0.3) is 0 Å². The van der Waals surface area contributed by atoms with Crippen LogP contribution >= 0.6 is 0 Å². The topological polar surface area (TPSA) is 56.8 Å². The lowest BCUT2D eigenvalue weighted by Crippen LogP contribution is -2.10. The summed E-state index contributed by atoms with van der Waals surface area (Å²) in [5, 5.41) is 3.45. The van der Waals surface area contributed by atoms with Crippen LogP contribution in [0.15, 0.2) is 60.7 Å². The molecule has 5 nitrogen and oxygen atoms in total. The molecule has 0 amide bonds. The number of rotatable bonds is 12. The molecule has 0 spiro atoms. The van der Waals surface area contributed by atoms with E-state index in [0.717, 1.165) is 36.6 Å². The number of ketones is 1. The van der Waals surface area contributed by atoms with Crippen LogP contribution in [0.1, 0.15) is 60.2 Å². The zero-order valence-electron chi connectivity index (χ0n) is 20.8. The molecule has 0 heterocycles. The monoisotopic (exact) mass is 461 g/mol. The molecule has 0 aliphatic rings. The Morgan fingerprint density at radius 2 is 1.65 bits per heavy atom. The largest absolute Gasteiger partial charge is 0.494 e. The van der Waals surface area contributed by atoms with Crippen LogP contribution in [0.3, 0.4) is 0 Å². The predicted molar refractivity (Wildman–Crippen MR) is 138 cm³/mol. The molecule has 0 saturated carbocycles. The number of ether oxygens (including phenoxy) is 3. The third-order valence-electron chi connectivity index (χ3n) is 5.79. The molecule has 180 valence electrons. The first-order valence-electron chi connectivity index (χ1n) is 11.8. The minimum atomic E-state index is -0.0146. The van der Waals surface area contributed by atoms with Gasteiger partial charge in [-0.2, -0.15) is 0 Å². The maximum Gasteiger partial charge on any atom is 0.195 e. The minimum Gasteiger partial charge on any atom is -0.494 e. The minimum absolute atomic E-state index is 0.0146. The molecule has 5 heteroatoms. The molecule has 0 unspecified atom stereocenters. The first-order chi connectivity index (χ1) is 16.5. The van der Waals surface area contributed by atoms with Crippen LogP contribution in [0.2, 0.25) is 0 Å². The van der Waals surface area contributed by atoms with Crippen molar-refractivity contribution in [3.63, 3.8) is 0 Å². The fraction of sp³-hybridized carbons (Fsp3) is 0.345. The van der Waals surface area contributed by atoms with Gasteiger partial charge < -0.3 is 19.5 Å². The van der Waals surface area contributed by atoms with E-state index >= 15 is 0 Å². The predicted octanol–water partition coefficient (Wildman–Crippen LogP) is 6.50. The zero-order valence-corrected chi connectivity index (χ0v) is 20.8. The van der Waals surface area contributed by atoms with Crippen molar-refractivity contribution in [1.29, 1.82) is 0 Å². The summed E-state index contributed by atoms with van der Waals surface area (Å²) in [6.45, 7) is 7.51. The van der Waals surface area contributed by atoms with Gasteiger partial charge in [-0.05, 0) is 67.1 Å². The van der Waals surface area contributed by atoms with E-state index in [-0.39, 0.29) is 5.78 Å². The summed E-state index contributed by atoms with van der Waals surface area (Å²) < 4.78 is 16.4. The molecule has 3 aromatic carbocycles. The van der Waals surface area contributed by atoms with Crippen molar-refractivity contribution in [2.45, 2.75) is 39.5 Å². The number of aryl methyl sites for hydroxylation is 1. The molecule has 0 bridgehead atoms. The van der Waals surface area contributed by atoms with Gasteiger partial charge in [0.1, 0.15) is 5.75 Å². The summed E-state index contributed by atoms with van der Waals surface area (Å²) in [7, 11) is 3.28. The highest BCUT2D eigenvalue weighted by Gasteiger charge is 2.16. The molecule has 0 saturated heterocycles. The van der Waals surface area contributed by atoms with Gasteiger partial charge in [-0.3, -0.25) is 4.79 Å². The maximum absolute atomic E-state index is 13.4. The number of hydrogen-bond donors (Lipinski definition) is 1. The lowest BCUT2D eigenvalue weighted by Gasteiger charge is -2.14. The summed E-state index contributed by atoms with van der Waals surface area (Å²) >= 11 is 0. The first kappa shape index (κ1) is 25.2.